The Hall–Kier alpha value is -2.43. The van der Waals surface area contributed by atoms with Gasteiger partial charge in [0, 0.05) is 19.5 Å². The lowest BCUT2D eigenvalue weighted by molar-refractivity contribution is 0.113. The number of benzene rings is 1. The van der Waals surface area contributed by atoms with Crippen LogP contribution in [-0.2, 0) is 23.0 Å². The van der Waals surface area contributed by atoms with Crippen molar-refractivity contribution in [1.82, 2.24) is 14.0 Å². The minimum atomic E-state index is -3.69. The van der Waals surface area contributed by atoms with E-state index in [9.17, 15) is 13.5 Å². The number of nitrogens with one attached hydrogen (secondary N) is 1. The predicted molar refractivity (Wildman–Crippen MR) is 122 cm³/mol. The Labute approximate surface area is 189 Å². The van der Waals surface area contributed by atoms with E-state index in [1.807, 2.05) is 18.5 Å². The number of hydrogen-bond donors (Lipinski definition) is 2. The van der Waals surface area contributed by atoms with Crippen LogP contribution in [0.4, 0.5) is 0 Å². The predicted octanol–water partition coefficient (Wildman–Crippen LogP) is 2.19. The molecule has 1 aromatic carbocycles. The number of aryl methyl sites for hydroxylation is 2. The molecule has 0 unspecified atom stereocenters. The molecular weight excluding hydrogens is 430 g/mol. The molecule has 3 heterocycles. The third-order valence-corrected chi connectivity index (χ3v) is 7.78. The van der Waals surface area contributed by atoms with Crippen LogP contribution in [0.2, 0.25) is 0 Å². The number of aromatic nitrogens is 2. The van der Waals surface area contributed by atoms with Gasteiger partial charge in [-0.2, -0.15) is 4.31 Å². The Morgan fingerprint density at radius 3 is 2.69 bits per heavy atom. The normalized spacial score (nSPS) is 17.6. The topological polar surface area (TPSA) is 109 Å². The van der Waals surface area contributed by atoms with Crippen molar-refractivity contribution in [2.45, 2.75) is 64.0 Å². The summed E-state index contributed by atoms with van der Waals surface area (Å²) in [4.78, 5) is 9.55. The van der Waals surface area contributed by atoms with Gasteiger partial charge in [-0.3, -0.25) is 10.4 Å². The SMILES string of the molecule is CCCc1nc(C)c2n1NC(c1cc(S(=O)(=O)N3CCC(O)CC3)ccc1OCC)=NC2. The van der Waals surface area contributed by atoms with Crippen molar-refractivity contribution in [2.75, 3.05) is 25.1 Å². The Kier molecular flexibility index (Phi) is 6.55. The van der Waals surface area contributed by atoms with Crippen molar-refractivity contribution in [1.29, 1.82) is 0 Å². The highest BCUT2D eigenvalue weighted by Gasteiger charge is 2.30. The quantitative estimate of drug-likeness (QED) is 0.654. The molecular formula is C22H31N5O4S. The average Bonchev–Trinajstić information content (AvgIpc) is 3.09. The summed E-state index contributed by atoms with van der Waals surface area (Å²) in [5, 5.41) is 9.75. The van der Waals surface area contributed by atoms with E-state index in [1.54, 1.807) is 18.2 Å². The van der Waals surface area contributed by atoms with Gasteiger partial charge in [0.25, 0.3) is 0 Å². The number of imidazole rings is 1. The number of aliphatic hydroxyl groups is 1. The van der Waals surface area contributed by atoms with E-state index < -0.39 is 16.1 Å². The van der Waals surface area contributed by atoms with Crippen molar-refractivity contribution in [3.05, 3.63) is 41.0 Å². The van der Waals surface area contributed by atoms with Crippen LogP contribution in [0.25, 0.3) is 0 Å². The number of piperidine rings is 1. The highest BCUT2D eigenvalue weighted by Crippen LogP contribution is 2.28. The van der Waals surface area contributed by atoms with Crippen LogP contribution in [0.1, 0.15) is 55.9 Å². The molecule has 0 atom stereocenters. The van der Waals surface area contributed by atoms with Crippen molar-refractivity contribution in [3.8, 4) is 5.75 Å². The molecule has 0 radical (unpaired) electrons. The number of aliphatic imine (C=N–C) groups is 1. The number of fused-ring (bicyclic) bond motifs is 1. The van der Waals surface area contributed by atoms with Crippen LogP contribution in [0.5, 0.6) is 5.75 Å². The maximum Gasteiger partial charge on any atom is 0.243 e. The minimum absolute atomic E-state index is 0.193. The van der Waals surface area contributed by atoms with Crippen LogP contribution in [0.3, 0.4) is 0 Å². The van der Waals surface area contributed by atoms with Gasteiger partial charge >= 0.3 is 0 Å². The molecule has 174 valence electrons. The fourth-order valence-corrected chi connectivity index (χ4v) is 5.64. The highest BCUT2D eigenvalue weighted by atomic mass is 32.2. The number of aliphatic hydroxyl groups excluding tert-OH is 1. The van der Waals surface area contributed by atoms with Crippen molar-refractivity contribution < 1.29 is 18.3 Å². The summed E-state index contributed by atoms with van der Waals surface area (Å²) in [5.74, 6) is 2.06. The third-order valence-electron chi connectivity index (χ3n) is 5.89. The maximum absolute atomic E-state index is 13.3. The number of nitrogens with zero attached hydrogens (tertiary/aromatic N) is 4. The van der Waals surface area contributed by atoms with E-state index >= 15 is 0 Å². The number of hydrogen-bond acceptors (Lipinski definition) is 7. The summed E-state index contributed by atoms with van der Waals surface area (Å²) in [6, 6.07) is 4.90. The van der Waals surface area contributed by atoms with Gasteiger partial charge in [-0.1, -0.05) is 6.92 Å². The first-order valence-electron chi connectivity index (χ1n) is 11.2. The molecule has 32 heavy (non-hydrogen) atoms. The molecule has 4 rings (SSSR count). The van der Waals surface area contributed by atoms with Gasteiger partial charge in [-0.15, -0.1) is 0 Å². The highest BCUT2D eigenvalue weighted by molar-refractivity contribution is 7.89. The van der Waals surface area contributed by atoms with E-state index in [0.717, 1.165) is 30.1 Å². The first kappa shape index (κ1) is 22.8. The second-order valence-electron chi connectivity index (χ2n) is 8.15. The molecule has 0 aliphatic carbocycles. The largest absolute Gasteiger partial charge is 0.493 e. The van der Waals surface area contributed by atoms with Gasteiger partial charge in [0.2, 0.25) is 10.0 Å². The average molecular weight is 462 g/mol. The molecule has 0 bridgehead atoms. The number of amidine groups is 1. The van der Waals surface area contributed by atoms with Crippen molar-refractivity contribution >= 4 is 15.9 Å². The van der Waals surface area contributed by atoms with Gasteiger partial charge in [0.15, 0.2) is 5.84 Å². The van der Waals surface area contributed by atoms with E-state index in [0.29, 0.717) is 56.2 Å². The van der Waals surface area contributed by atoms with Crippen LogP contribution in [0.15, 0.2) is 28.1 Å². The summed E-state index contributed by atoms with van der Waals surface area (Å²) in [7, 11) is -3.69. The van der Waals surface area contributed by atoms with Gasteiger partial charge in [-0.25, -0.2) is 18.1 Å². The summed E-state index contributed by atoms with van der Waals surface area (Å²) >= 11 is 0. The lowest BCUT2D eigenvalue weighted by Crippen LogP contribution is -2.40. The van der Waals surface area contributed by atoms with Crippen molar-refractivity contribution in [2.24, 2.45) is 4.99 Å². The third kappa shape index (κ3) is 4.26. The van der Waals surface area contributed by atoms with Gasteiger partial charge in [0.1, 0.15) is 11.6 Å². The zero-order valence-corrected chi connectivity index (χ0v) is 19.7. The lowest BCUT2D eigenvalue weighted by atomic mass is 10.1. The second-order valence-corrected chi connectivity index (χ2v) is 10.1. The molecule has 10 heteroatoms. The molecule has 2 aliphatic heterocycles. The first-order valence-corrected chi connectivity index (χ1v) is 12.6. The standard InChI is InChI=1S/C22H31N5O4S/c1-4-6-21-24-15(3)19-14-23-22(25-27(19)21)18-13-17(7-8-20(18)31-5-2)32(29,30)26-11-9-16(28)10-12-26/h7-8,13,16,28H,4-6,9-12,14H2,1-3H3,(H,23,25). The van der Waals surface area contributed by atoms with Crippen molar-refractivity contribution in [3.63, 3.8) is 0 Å². The molecule has 1 fully saturated rings. The number of sulfonamides is 1. The molecule has 2 aromatic rings. The Bertz CT molecular complexity index is 1120. The van der Waals surface area contributed by atoms with E-state index in [4.69, 9.17) is 4.74 Å². The summed E-state index contributed by atoms with van der Waals surface area (Å²) in [6.45, 7) is 7.49. The number of rotatable bonds is 7. The van der Waals surface area contributed by atoms with Crippen LogP contribution in [0, 0.1) is 6.92 Å². The molecule has 1 aromatic heterocycles. The number of ether oxygens (including phenoxy) is 1. The fraction of sp³-hybridized carbons (Fsp3) is 0.545. The van der Waals surface area contributed by atoms with Gasteiger partial charge in [0.05, 0.1) is 41.1 Å². The molecule has 0 amide bonds. The molecule has 2 N–H and O–H groups in total. The Morgan fingerprint density at radius 1 is 1.25 bits per heavy atom. The smallest absolute Gasteiger partial charge is 0.243 e. The molecule has 9 nitrogen and oxygen atoms in total. The zero-order valence-electron chi connectivity index (χ0n) is 18.8. The van der Waals surface area contributed by atoms with E-state index in [-0.39, 0.29) is 4.90 Å². The lowest BCUT2D eigenvalue weighted by Gasteiger charge is -2.29. The summed E-state index contributed by atoms with van der Waals surface area (Å²) in [5.41, 5.74) is 5.88. The first-order chi connectivity index (χ1) is 15.3. The molecule has 2 aliphatic rings. The Morgan fingerprint density at radius 2 is 2.00 bits per heavy atom. The minimum Gasteiger partial charge on any atom is -0.493 e. The molecule has 1 saturated heterocycles. The van der Waals surface area contributed by atoms with E-state index in [2.05, 4.69) is 22.3 Å². The maximum atomic E-state index is 13.3. The zero-order chi connectivity index (χ0) is 22.9. The molecule has 0 saturated carbocycles. The fourth-order valence-electron chi connectivity index (χ4n) is 4.14. The Balaban J connectivity index is 1.70. The monoisotopic (exact) mass is 461 g/mol. The van der Waals surface area contributed by atoms with Gasteiger partial charge < -0.3 is 9.84 Å². The van der Waals surface area contributed by atoms with E-state index in [1.165, 1.54) is 4.31 Å². The van der Waals surface area contributed by atoms with Crippen LogP contribution >= 0.6 is 0 Å². The van der Waals surface area contributed by atoms with Crippen LogP contribution in [-0.4, -0.2) is 59.1 Å². The van der Waals surface area contributed by atoms with Crippen LogP contribution < -0.4 is 10.2 Å². The summed E-state index contributed by atoms with van der Waals surface area (Å²) < 4.78 is 35.7. The second kappa shape index (κ2) is 9.21. The van der Waals surface area contributed by atoms with Gasteiger partial charge in [-0.05, 0) is 51.3 Å². The molecule has 0 spiro atoms. The summed E-state index contributed by atoms with van der Waals surface area (Å²) in [6.07, 6.45) is 2.24.